The SMILES string of the molecule is O=C(CO)Nc1ccc2[nH]c(=O)c3ccccc3c2n1. The number of benzene rings is 1. The van der Waals surface area contributed by atoms with Gasteiger partial charge in [-0.2, -0.15) is 0 Å². The van der Waals surface area contributed by atoms with Gasteiger partial charge in [-0.3, -0.25) is 9.59 Å². The summed E-state index contributed by atoms with van der Waals surface area (Å²) in [6.07, 6.45) is 0. The molecule has 0 aliphatic heterocycles. The molecular weight excluding hydrogens is 258 g/mol. The molecular formula is C14H11N3O3. The predicted molar refractivity (Wildman–Crippen MR) is 75.6 cm³/mol. The van der Waals surface area contributed by atoms with E-state index >= 15 is 0 Å². The van der Waals surface area contributed by atoms with E-state index in [1.54, 1.807) is 30.3 Å². The van der Waals surface area contributed by atoms with Crippen LogP contribution in [0.2, 0.25) is 0 Å². The van der Waals surface area contributed by atoms with E-state index < -0.39 is 12.5 Å². The van der Waals surface area contributed by atoms with Crippen molar-refractivity contribution in [3.8, 4) is 0 Å². The molecule has 1 aromatic carbocycles. The summed E-state index contributed by atoms with van der Waals surface area (Å²) in [5, 5.41) is 12.5. The summed E-state index contributed by atoms with van der Waals surface area (Å²) in [6, 6.07) is 10.4. The Kier molecular flexibility index (Phi) is 2.92. The van der Waals surface area contributed by atoms with Gasteiger partial charge in [0, 0.05) is 10.8 Å². The molecule has 0 atom stereocenters. The maximum Gasteiger partial charge on any atom is 0.256 e. The Labute approximate surface area is 113 Å². The maximum absolute atomic E-state index is 11.9. The second kappa shape index (κ2) is 4.75. The Morgan fingerprint density at radius 2 is 1.95 bits per heavy atom. The molecule has 0 radical (unpaired) electrons. The van der Waals surface area contributed by atoms with Crippen molar-refractivity contribution in [3.05, 3.63) is 46.8 Å². The molecule has 3 aromatic rings. The fourth-order valence-corrected chi connectivity index (χ4v) is 2.09. The lowest BCUT2D eigenvalue weighted by Crippen LogP contribution is -2.16. The first-order chi connectivity index (χ1) is 9.69. The van der Waals surface area contributed by atoms with Crippen molar-refractivity contribution in [2.24, 2.45) is 0 Å². The van der Waals surface area contributed by atoms with Gasteiger partial charge in [0.15, 0.2) is 0 Å². The minimum atomic E-state index is -0.605. The number of aliphatic hydroxyl groups excluding tert-OH is 1. The van der Waals surface area contributed by atoms with E-state index in [1.807, 2.05) is 6.07 Å². The molecule has 100 valence electrons. The van der Waals surface area contributed by atoms with Crippen LogP contribution in [-0.4, -0.2) is 27.6 Å². The minimum absolute atomic E-state index is 0.179. The topological polar surface area (TPSA) is 95.1 Å². The number of amides is 1. The van der Waals surface area contributed by atoms with E-state index in [2.05, 4.69) is 15.3 Å². The van der Waals surface area contributed by atoms with Gasteiger partial charge in [-0.25, -0.2) is 4.98 Å². The molecule has 6 nitrogen and oxygen atoms in total. The molecule has 2 heterocycles. The standard InChI is InChI=1S/C14H11N3O3/c18-7-12(19)16-11-6-5-10-13(17-11)8-3-1-2-4-9(8)14(20)15-10/h1-6,18H,7H2,(H,15,20)(H,16,17,19). The van der Waals surface area contributed by atoms with E-state index in [0.29, 0.717) is 27.6 Å². The van der Waals surface area contributed by atoms with Crippen molar-refractivity contribution in [3.63, 3.8) is 0 Å². The van der Waals surface area contributed by atoms with Crippen LogP contribution in [0.3, 0.4) is 0 Å². The van der Waals surface area contributed by atoms with Crippen molar-refractivity contribution in [2.45, 2.75) is 0 Å². The van der Waals surface area contributed by atoms with Crippen LogP contribution in [0.5, 0.6) is 0 Å². The molecule has 0 spiro atoms. The Bertz CT molecular complexity index is 870. The zero-order chi connectivity index (χ0) is 14.1. The van der Waals surface area contributed by atoms with Gasteiger partial charge in [0.1, 0.15) is 12.4 Å². The summed E-state index contributed by atoms with van der Waals surface area (Å²) in [4.78, 5) is 30.2. The Hall–Kier alpha value is -2.73. The van der Waals surface area contributed by atoms with Crippen LogP contribution in [0.25, 0.3) is 21.8 Å². The number of aromatic amines is 1. The normalized spacial score (nSPS) is 10.8. The van der Waals surface area contributed by atoms with Crippen LogP contribution in [0.1, 0.15) is 0 Å². The van der Waals surface area contributed by atoms with Gasteiger partial charge in [0.05, 0.1) is 11.0 Å². The van der Waals surface area contributed by atoms with E-state index in [-0.39, 0.29) is 5.56 Å². The summed E-state index contributed by atoms with van der Waals surface area (Å²) in [5.74, 6) is -0.209. The molecule has 6 heteroatoms. The number of carbonyl (C=O) groups is 1. The Morgan fingerprint density at radius 1 is 1.20 bits per heavy atom. The van der Waals surface area contributed by atoms with Gasteiger partial charge in [0.25, 0.3) is 11.5 Å². The van der Waals surface area contributed by atoms with Gasteiger partial charge in [-0.1, -0.05) is 18.2 Å². The first kappa shape index (κ1) is 12.3. The summed E-state index contributed by atoms with van der Waals surface area (Å²) >= 11 is 0. The number of rotatable bonds is 2. The third-order valence-corrected chi connectivity index (χ3v) is 2.98. The van der Waals surface area contributed by atoms with Crippen molar-refractivity contribution in [2.75, 3.05) is 11.9 Å². The maximum atomic E-state index is 11.9. The van der Waals surface area contributed by atoms with Gasteiger partial charge >= 0.3 is 0 Å². The number of hydrogen-bond acceptors (Lipinski definition) is 4. The summed E-state index contributed by atoms with van der Waals surface area (Å²) < 4.78 is 0. The number of pyridine rings is 2. The van der Waals surface area contributed by atoms with E-state index in [9.17, 15) is 9.59 Å². The second-order valence-corrected chi connectivity index (χ2v) is 4.30. The van der Waals surface area contributed by atoms with Crippen LogP contribution >= 0.6 is 0 Å². The number of H-pyrrole nitrogens is 1. The molecule has 0 fully saturated rings. The zero-order valence-electron chi connectivity index (χ0n) is 10.4. The van der Waals surface area contributed by atoms with Crippen molar-refractivity contribution >= 4 is 33.5 Å². The number of fused-ring (bicyclic) bond motifs is 3. The highest BCUT2D eigenvalue weighted by Crippen LogP contribution is 2.20. The largest absolute Gasteiger partial charge is 0.387 e. The highest BCUT2D eigenvalue weighted by atomic mass is 16.3. The van der Waals surface area contributed by atoms with E-state index in [1.165, 1.54) is 0 Å². The smallest absolute Gasteiger partial charge is 0.256 e. The number of aliphatic hydroxyl groups is 1. The molecule has 0 aliphatic rings. The van der Waals surface area contributed by atoms with Crippen LogP contribution in [0.15, 0.2) is 41.2 Å². The third-order valence-electron chi connectivity index (χ3n) is 2.98. The fourth-order valence-electron chi connectivity index (χ4n) is 2.09. The molecule has 2 aromatic heterocycles. The van der Waals surface area contributed by atoms with Gasteiger partial charge in [0.2, 0.25) is 0 Å². The van der Waals surface area contributed by atoms with E-state index in [4.69, 9.17) is 5.11 Å². The quantitative estimate of drug-likeness (QED) is 0.605. The molecule has 0 bridgehead atoms. The highest BCUT2D eigenvalue weighted by Gasteiger charge is 2.08. The zero-order valence-corrected chi connectivity index (χ0v) is 10.4. The summed E-state index contributed by atoms with van der Waals surface area (Å²) in [6.45, 7) is -0.605. The lowest BCUT2D eigenvalue weighted by molar-refractivity contribution is -0.118. The fraction of sp³-hybridized carbons (Fsp3) is 0.0714. The number of aromatic nitrogens is 2. The average Bonchev–Trinajstić information content (AvgIpc) is 2.48. The predicted octanol–water partition coefficient (Wildman–Crippen LogP) is 1.01. The first-order valence-corrected chi connectivity index (χ1v) is 6.01. The van der Waals surface area contributed by atoms with Crippen molar-refractivity contribution < 1.29 is 9.90 Å². The summed E-state index contributed by atoms with van der Waals surface area (Å²) in [5.41, 5.74) is 1.01. The summed E-state index contributed by atoms with van der Waals surface area (Å²) in [7, 11) is 0. The van der Waals surface area contributed by atoms with Crippen LogP contribution in [0, 0.1) is 0 Å². The molecule has 0 unspecified atom stereocenters. The molecule has 1 amide bonds. The third kappa shape index (κ3) is 2.02. The van der Waals surface area contributed by atoms with Crippen molar-refractivity contribution in [1.82, 2.24) is 9.97 Å². The van der Waals surface area contributed by atoms with Gasteiger partial charge < -0.3 is 15.4 Å². The Balaban J connectivity index is 2.27. The molecule has 3 rings (SSSR count). The van der Waals surface area contributed by atoms with Crippen LogP contribution < -0.4 is 10.9 Å². The molecule has 0 aliphatic carbocycles. The second-order valence-electron chi connectivity index (χ2n) is 4.30. The molecule has 20 heavy (non-hydrogen) atoms. The monoisotopic (exact) mass is 269 g/mol. The lowest BCUT2D eigenvalue weighted by atomic mass is 10.1. The molecule has 0 saturated carbocycles. The number of carbonyl (C=O) groups excluding carboxylic acids is 1. The molecule has 0 saturated heterocycles. The highest BCUT2D eigenvalue weighted by molar-refractivity contribution is 6.03. The average molecular weight is 269 g/mol. The molecule has 3 N–H and O–H groups in total. The van der Waals surface area contributed by atoms with E-state index in [0.717, 1.165) is 0 Å². The lowest BCUT2D eigenvalue weighted by Gasteiger charge is -2.06. The Morgan fingerprint density at radius 3 is 2.70 bits per heavy atom. The first-order valence-electron chi connectivity index (χ1n) is 6.01. The van der Waals surface area contributed by atoms with Crippen LogP contribution in [-0.2, 0) is 4.79 Å². The minimum Gasteiger partial charge on any atom is -0.387 e. The van der Waals surface area contributed by atoms with Crippen molar-refractivity contribution in [1.29, 1.82) is 0 Å². The number of hydrogen-bond donors (Lipinski definition) is 3. The van der Waals surface area contributed by atoms with Gasteiger partial charge in [-0.15, -0.1) is 0 Å². The number of nitrogens with zero attached hydrogens (tertiary/aromatic N) is 1. The number of anilines is 1. The van der Waals surface area contributed by atoms with Crippen LogP contribution in [0.4, 0.5) is 5.82 Å². The van der Waals surface area contributed by atoms with Gasteiger partial charge in [-0.05, 0) is 18.2 Å². The number of nitrogens with one attached hydrogen (secondary N) is 2.